The second-order valence-corrected chi connectivity index (χ2v) is 7.33. The third-order valence-corrected chi connectivity index (χ3v) is 5.22. The molecule has 140 valence electrons. The zero-order valence-electron chi connectivity index (χ0n) is 14.6. The van der Waals surface area contributed by atoms with Gasteiger partial charge in [0.05, 0.1) is 24.3 Å². The minimum Gasteiger partial charge on any atom is -0.390 e. The molecule has 3 aromatic rings. The number of aliphatic hydroxyl groups is 1. The summed E-state index contributed by atoms with van der Waals surface area (Å²) in [6.45, 7) is 0.948. The third-order valence-electron chi connectivity index (χ3n) is 3.98. The van der Waals surface area contributed by atoms with Crippen molar-refractivity contribution in [3.05, 3.63) is 82.6 Å². The molecule has 0 fully saturated rings. The van der Waals surface area contributed by atoms with E-state index in [1.165, 1.54) is 11.8 Å². The van der Waals surface area contributed by atoms with Crippen molar-refractivity contribution >= 4 is 29.3 Å². The van der Waals surface area contributed by atoms with Crippen LogP contribution in [0.3, 0.4) is 0 Å². The number of nitrogens with zero attached hydrogens (tertiary/aromatic N) is 2. The summed E-state index contributed by atoms with van der Waals surface area (Å²) < 4.78 is 1.92. The number of halogens is 1. The Hall–Kier alpha value is -2.28. The van der Waals surface area contributed by atoms with Gasteiger partial charge in [-0.15, -0.1) is 0 Å². The number of benzene rings is 2. The highest BCUT2D eigenvalue weighted by molar-refractivity contribution is 7.99. The number of aliphatic hydroxyl groups excluding tert-OH is 1. The Morgan fingerprint density at radius 3 is 2.56 bits per heavy atom. The summed E-state index contributed by atoms with van der Waals surface area (Å²) in [5, 5.41) is 13.9. The number of hydrogen-bond donors (Lipinski definition) is 2. The number of amides is 1. The zero-order chi connectivity index (χ0) is 19.1. The van der Waals surface area contributed by atoms with E-state index < -0.39 is 0 Å². The van der Waals surface area contributed by atoms with Gasteiger partial charge in [-0.2, -0.15) is 0 Å². The van der Waals surface area contributed by atoms with Crippen LogP contribution in [0.25, 0.3) is 0 Å². The minimum absolute atomic E-state index is 0.0598. The molecule has 7 heteroatoms. The first-order valence-corrected chi connectivity index (χ1v) is 9.85. The van der Waals surface area contributed by atoms with E-state index in [0.29, 0.717) is 29.0 Å². The third kappa shape index (κ3) is 5.60. The summed E-state index contributed by atoms with van der Waals surface area (Å²) in [5.74, 6) is 0.199. The van der Waals surface area contributed by atoms with Gasteiger partial charge >= 0.3 is 0 Å². The Bertz CT molecular complexity index is 882. The van der Waals surface area contributed by atoms with Crippen LogP contribution in [0, 0.1) is 0 Å². The molecule has 0 aliphatic heterocycles. The van der Waals surface area contributed by atoms with Gasteiger partial charge in [-0.1, -0.05) is 65.8 Å². The molecule has 5 nitrogen and oxygen atoms in total. The van der Waals surface area contributed by atoms with E-state index in [0.717, 1.165) is 11.1 Å². The molecule has 0 bridgehead atoms. The molecule has 1 amide bonds. The topological polar surface area (TPSA) is 67.1 Å². The summed E-state index contributed by atoms with van der Waals surface area (Å²) in [6.07, 6.45) is 1.64. The van der Waals surface area contributed by atoms with Crippen molar-refractivity contribution in [2.24, 2.45) is 0 Å². The number of carbonyl (C=O) groups excluding carboxylic acids is 1. The van der Waals surface area contributed by atoms with Crippen molar-refractivity contribution in [2.75, 3.05) is 5.75 Å². The molecule has 1 heterocycles. The van der Waals surface area contributed by atoms with Crippen molar-refractivity contribution in [1.29, 1.82) is 0 Å². The van der Waals surface area contributed by atoms with Crippen LogP contribution in [-0.2, 0) is 24.5 Å². The summed E-state index contributed by atoms with van der Waals surface area (Å²) in [7, 11) is 0. The summed E-state index contributed by atoms with van der Waals surface area (Å²) in [5.41, 5.74) is 2.81. The highest BCUT2D eigenvalue weighted by Gasteiger charge is 2.12. The molecule has 3 rings (SSSR count). The highest BCUT2D eigenvalue weighted by Crippen LogP contribution is 2.21. The van der Waals surface area contributed by atoms with E-state index in [1.54, 1.807) is 6.20 Å². The van der Waals surface area contributed by atoms with Gasteiger partial charge in [-0.3, -0.25) is 4.79 Å². The fourth-order valence-electron chi connectivity index (χ4n) is 2.55. The number of nitrogens with one attached hydrogen (secondary N) is 1. The van der Waals surface area contributed by atoms with Gasteiger partial charge in [-0.25, -0.2) is 4.98 Å². The number of rotatable bonds is 8. The lowest BCUT2D eigenvalue weighted by atomic mass is 10.2. The largest absolute Gasteiger partial charge is 0.390 e. The van der Waals surface area contributed by atoms with Gasteiger partial charge in [0.1, 0.15) is 0 Å². The van der Waals surface area contributed by atoms with Crippen molar-refractivity contribution in [3.8, 4) is 0 Å². The lowest BCUT2D eigenvalue weighted by molar-refractivity contribution is -0.118. The highest BCUT2D eigenvalue weighted by atomic mass is 35.5. The predicted octanol–water partition coefficient (Wildman–Crippen LogP) is 3.49. The number of thioether (sulfide) groups is 1. The molecule has 0 saturated carbocycles. The Labute approximate surface area is 167 Å². The average molecular weight is 402 g/mol. The number of hydrogen-bond acceptors (Lipinski definition) is 4. The van der Waals surface area contributed by atoms with Crippen molar-refractivity contribution < 1.29 is 9.90 Å². The summed E-state index contributed by atoms with van der Waals surface area (Å²) in [4.78, 5) is 16.5. The van der Waals surface area contributed by atoms with Gasteiger partial charge in [0, 0.05) is 18.1 Å². The monoisotopic (exact) mass is 401 g/mol. The molecule has 0 aliphatic carbocycles. The van der Waals surface area contributed by atoms with E-state index >= 15 is 0 Å². The first-order valence-electron chi connectivity index (χ1n) is 8.49. The Morgan fingerprint density at radius 1 is 1.11 bits per heavy atom. The first kappa shape index (κ1) is 19.5. The van der Waals surface area contributed by atoms with Gasteiger partial charge in [0.25, 0.3) is 0 Å². The number of imidazole rings is 1. The molecule has 0 unspecified atom stereocenters. The molecule has 2 aromatic carbocycles. The lowest BCUT2D eigenvalue weighted by Crippen LogP contribution is -2.24. The molecule has 0 radical (unpaired) electrons. The van der Waals surface area contributed by atoms with Crippen LogP contribution in [0.4, 0.5) is 0 Å². The molecule has 0 saturated heterocycles. The van der Waals surface area contributed by atoms with Gasteiger partial charge in [0.15, 0.2) is 5.16 Å². The van der Waals surface area contributed by atoms with E-state index in [2.05, 4.69) is 10.3 Å². The molecule has 0 atom stereocenters. The van der Waals surface area contributed by atoms with Gasteiger partial charge < -0.3 is 15.0 Å². The standard InChI is InChI=1S/C20H20ClN3O2S/c21-17-8-6-16(7-9-17)12-24-18(13-25)11-23-20(24)27-14-19(26)22-10-15-4-2-1-3-5-15/h1-9,11,25H,10,12-14H2,(H,22,26). The van der Waals surface area contributed by atoms with Crippen molar-refractivity contribution in [2.45, 2.75) is 24.9 Å². The average Bonchev–Trinajstić information content (AvgIpc) is 3.09. The second-order valence-electron chi connectivity index (χ2n) is 5.95. The maximum atomic E-state index is 12.1. The molecule has 27 heavy (non-hydrogen) atoms. The summed E-state index contributed by atoms with van der Waals surface area (Å²) >= 11 is 7.29. The van der Waals surface area contributed by atoms with Crippen LogP contribution >= 0.6 is 23.4 Å². The van der Waals surface area contributed by atoms with E-state index in [4.69, 9.17) is 11.6 Å². The molecular weight excluding hydrogens is 382 g/mol. The zero-order valence-corrected chi connectivity index (χ0v) is 16.2. The van der Waals surface area contributed by atoms with Crippen LogP contribution in [0.15, 0.2) is 66.0 Å². The molecule has 2 N–H and O–H groups in total. The van der Waals surface area contributed by atoms with Crippen LogP contribution in [0.5, 0.6) is 0 Å². The van der Waals surface area contributed by atoms with Crippen molar-refractivity contribution in [3.63, 3.8) is 0 Å². The number of carbonyl (C=O) groups is 1. The van der Waals surface area contributed by atoms with Gasteiger partial charge in [-0.05, 0) is 23.3 Å². The SMILES string of the molecule is O=C(CSc1ncc(CO)n1Cc1ccc(Cl)cc1)NCc1ccccc1. The van der Waals surface area contributed by atoms with Crippen LogP contribution in [-0.4, -0.2) is 26.3 Å². The smallest absolute Gasteiger partial charge is 0.230 e. The predicted molar refractivity (Wildman–Crippen MR) is 108 cm³/mol. The van der Waals surface area contributed by atoms with Crippen LogP contribution in [0.2, 0.25) is 5.02 Å². The van der Waals surface area contributed by atoms with E-state index in [-0.39, 0.29) is 18.3 Å². The fraction of sp³-hybridized carbons (Fsp3) is 0.200. The minimum atomic E-state index is -0.110. The Morgan fingerprint density at radius 2 is 1.85 bits per heavy atom. The normalized spacial score (nSPS) is 10.7. The number of aromatic nitrogens is 2. The van der Waals surface area contributed by atoms with Crippen LogP contribution in [0.1, 0.15) is 16.8 Å². The maximum Gasteiger partial charge on any atom is 0.230 e. The quantitative estimate of drug-likeness (QED) is 0.567. The van der Waals surface area contributed by atoms with E-state index in [9.17, 15) is 9.90 Å². The van der Waals surface area contributed by atoms with Crippen LogP contribution < -0.4 is 5.32 Å². The molecular formula is C20H20ClN3O2S. The van der Waals surface area contributed by atoms with Gasteiger partial charge in [0.2, 0.25) is 5.91 Å². The van der Waals surface area contributed by atoms with E-state index in [1.807, 2.05) is 59.2 Å². The lowest BCUT2D eigenvalue weighted by Gasteiger charge is -2.11. The Balaban J connectivity index is 1.60. The second kappa shape index (κ2) is 9.60. The fourth-order valence-corrected chi connectivity index (χ4v) is 3.51. The first-order chi connectivity index (χ1) is 13.2. The maximum absolute atomic E-state index is 12.1. The molecule has 0 spiro atoms. The molecule has 1 aromatic heterocycles. The molecule has 0 aliphatic rings. The Kier molecular flexibility index (Phi) is 6.92. The summed E-state index contributed by atoms with van der Waals surface area (Å²) in [6, 6.07) is 17.3. The van der Waals surface area contributed by atoms with Crippen molar-refractivity contribution in [1.82, 2.24) is 14.9 Å².